The molecule has 1 aliphatic heterocycles. The molecular formula is C25H27ClFN5O2. The zero-order chi connectivity index (χ0) is 24.2. The lowest BCUT2D eigenvalue weighted by Crippen LogP contribution is -2.54. The number of carbonyl (C=O) groups excluding carboxylic acids is 1. The predicted octanol–water partition coefficient (Wildman–Crippen LogP) is 3.41. The molecule has 1 saturated heterocycles. The Hall–Kier alpha value is -3.23. The Labute approximate surface area is 202 Å². The average Bonchev–Trinajstić information content (AvgIpc) is 2.86. The van der Waals surface area contributed by atoms with E-state index in [-0.39, 0.29) is 34.4 Å². The highest BCUT2D eigenvalue weighted by molar-refractivity contribution is 6.33. The van der Waals surface area contributed by atoms with Gasteiger partial charge in [-0.05, 0) is 43.7 Å². The number of aromatic nitrogens is 2. The molecule has 34 heavy (non-hydrogen) atoms. The van der Waals surface area contributed by atoms with E-state index in [1.807, 2.05) is 36.9 Å². The maximum absolute atomic E-state index is 13.2. The second kappa shape index (κ2) is 10.4. The maximum atomic E-state index is 13.2. The minimum Gasteiger partial charge on any atom is -0.366 e. The van der Waals surface area contributed by atoms with Gasteiger partial charge in [-0.25, -0.2) is 4.39 Å². The summed E-state index contributed by atoms with van der Waals surface area (Å²) in [6.45, 7) is 6.25. The first-order valence-electron chi connectivity index (χ1n) is 11.2. The van der Waals surface area contributed by atoms with Gasteiger partial charge in [0.1, 0.15) is 10.8 Å². The van der Waals surface area contributed by atoms with Crippen molar-refractivity contribution in [2.75, 3.05) is 31.1 Å². The van der Waals surface area contributed by atoms with Gasteiger partial charge in [0.15, 0.2) is 0 Å². The molecule has 0 spiro atoms. The van der Waals surface area contributed by atoms with Crippen molar-refractivity contribution in [3.63, 3.8) is 0 Å². The summed E-state index contributed by atoms with van der Waals surface area (Å²) in [4.78, 5) is 29.7. The van der Waals surface area contributed by atoms with E-state index in [0.717, 1.165) is 5.56 Å². The van der Waals surface area contributed by atoms with Crippen LogP contribution in [0.4, 0.5) is 10.1 Å². The summed E-state index contributed by atoms with van der Waals surface area (Å²) in [5, 5.41) is 7.44. The first-order chi connectivity index (χ1) is 16.3. The average molecular weight is 484 g/mol. The van der Waals surface area contributed by atoms with Crippen molar-refractivity contribution >= 4 is 23.2 Å². The van der Waals surface area contributed by atoms with Gasteiger partial charge in [-0.1, -0.05) is 41.9 Å². The molecule has 4 rings (SSSR count). The summed E-state index contributed by atoms with van der Waals surface area (Å²) >= 11 is 6.44. The number of piperazine rings is 1. The third-order valence-electron chi connectivity index (χ3n) is 6.21. The Morgan fingerprint density at radius 2 is 1.68 bits per heavy atom. The molecule has 2 atom stereocenters. The first-order valence-corrected chi connectivity index (χ1v) is 11.6. The summed E-state index contributed by atoms with van der Waals surface area (Å²) in [5.41, 5.74) is 1.73. The van der Waals surface area contributed by atoms with Crippen LogP contribution in [0.2, 0.25) is 5.02 Å². The fraction of sp³-hybridized carbons (Fsp3) is 0.320. The minimum atomic E-state index is -0.365. The molecule has 0 radical (unpaired) electrons. The molecule has 9 heteroatoms. The number of rotatable bonds is 6. The van der Waals surface area contributed by atoms with Crippen molar-refractivity contribution in [2.45, 2.75) is 25.9 Å². The largest absolute Gasteiger partial charge is 0.366 e. The van der Waals surface area contributed by atoms with Crippen molar-refractivity contribution in [1.29, 1.82) is 0 Å². The van der Waals surface area contributed by atoms with E-state index in [1.54, 1.807) is 30.5 Å². The van der Waals surface area contributed by atoms with Crippen LogP contribution in [0.3, 0.4) is 0 Å². The lowest BCUT2D eigenvalue weighted by Gasteiger charge is -2.38. The van der Waals surface area contributed by atoms with Gasteiger partial charge in [0, 0.05) is 26.2 Å². The van der Waals surface area contributed by atoms with Gasteiger partial charge in [0.25, 0.3) is 5.56 Å². The number of para-hydroxylation sites is 1. The molecule has 1 fully saturated rings. The van der Waals surface area contributed by atoms with Crippen LogP contribution < -0.4 is 15.8 Å². The number of amides is 1. The molecule has 0 unspecified atom stereocenters. The van der Waals surface area contributed by atoms with Gasteiger partial charge in [-0.3, -0.25) is 14.5 Å². The molecule has 0 bridgehead atoms. The highest BCUT2D eigenvalue weighted by Gasteiger charge is 2.28. The highest BCUT2D eigenvalue weighted by atomic mass is 35.5. The number of hydrogen-bond acceptors (Lipinski definition) is 5. The molecular weight excluding hydrogens is 457 g/mol. The molecule has 1 amide bonds. The van der Waals surface area contributed by atoms with Crippen LogP contribution >= 0.6 is 11.6 Å². The summed E-state index contributed by atoms with van der Waals surface area (Å²) in [6, 6.07) is 14.7. The van der Waals surface area contributed by atoms with Crippen molar-refractivity contribution in [3.8, 4) is 5.69 Å². The molecule has 7 nitrogen and oxygen atoms in total. The van der Waals surface area contributed by atoms with E-state index in [0.29, 0.717) is 37.6 Å². The Kier molecular flexibility index (Phi) is 7.29. The molecule has 3 aromatic rings. The number of halogens is 2. The van der Waals surface area contributed by atoms with Crippen LogP contribution in [-0.2, 0) is 4.79 Å². The SMILES string of the molecule is C[C@H](NC(=O)[C@H](C)N1CCN(c2cnn(-c3ccccc3)c(=O)c2Cl)CC1)c1ccc(F)cc1. The van der Waals surface area contributed by atoms with Crippen molar-refractivity contribution in [2.24, 2.45) is 0 Å². The molecule has 178 valence electrons. The van der Waals surface area contributed by atoms with Crippen molar-refractivity contribution in [1.82, 2.24) is 20.0 Å². The van der Waals surface area contributed by atoms with Crippen molar-refractivity contribution < 1.29 is 9.18 Å². The smallest absolute Gasteiger partial charge is 0.292 e. The molecule has 0 aliphatic carbocycles. The predicted molar refractivity (Wildman–Crippen MR) is 131 cm³/mol. The van der Waals surface area contributed by atoms with Crippen molar-refractivity contribution in [3.05, 3.63) is 87.6 Å². The lowest BCUT2D eigenvalue weighted by atomic mass is 10.1. The number of anilines is 1. The number of carbonyl (C=O) groups is 1. The third-order valence-corrected chi connectivity index (χ3v) is 6.57. The van der Waals surface area contributed by atoms with E-state index in [2.05, 4.69) is 15.3 Å². The van der Waals surface area contributed by atoms with Crippen LogP contribution in [-0.4, -0.2) is 52.8 Å². The van der Waals surface area contributed by atoms with E-state index in [1.165, 1.54) is 16.8 Å². The van der Waals surface area contributed by atoms with Crippen LogP contribution in [0.1, 0.15) is 25.5 Å². The molecule has 0 saturated carbocycles. The van der Waals surface area contributed by atoms with Gasteiger partial charge < -0.3 is 10.2 Å². The highest BCUT2D eigenvalue weighted by Crippen LogP contribution is 2.23. The molecule has 1 aromatic heterocycles. The zero-order valence-electron chi connectivity index (χ0n) is 19.1. The Bertz CT molecular complexity index is 1190. The molecule has 1 aliphatic rings. The summed E-state index contributed by atoms with van der Waals surface area (Å²) in [5.74, 6) is -0.392. The second-order valence-electron chi connectivity index (χ2n) is 8.38. The zero-order valence-corrected chi connectivity index (χ0v) is 19.9. The number of nitrogens with one attached hydrogen (secondary N) is 1. The minimum absolute atomic E-state index is 0.0876. The van der Waals surface area contributed by atoms with Gasteiger partial charge in [0.2, 0.25) is 5.91 Å². The summed E-state index contributed by atoms with van der Waals surface area (Å²) in [6.07, 6.45) is 1.62. The number of hydrogen-bond donors (Lipinski definition) is 1. The summed E-state index contributed by atoms with van der Waals surface area (Å²) in [7, 11) is 0. The van der Waals surface area contributed by atoms with Crippen LogP contribution in [0.15, 0.2) is 65.6 Å². The fourth-order valence-corrected chi connectivity index (χ4v) is 4.33. The first kappa shape index (κ1) is 23.9. The summed E-state index contributed by atoms with van der Waals surface area (Å²) < 4.78 is 14.4. The number of benzene rings is 2. The quantitative estimate of drug-likeness (QED) is 0.582. The number of nitrogens with zero attached hydrogens (tertiary/aromatic N) is 4. The van der Waals surface area contributed by atoms with Gasteiger partial charge >= 0.3 is 0 Å². The van der Waals surface area contributed by atoms with Gasteiger partial charge in [-0.2, -0.15) is 9.78 Å². The molecule has 2 aromatic carbocycles. The van der Waals surface area contributed by atoms with Gasteiger partial charge in [-0.15, -0.1) is 0 Å². The van der Waals surface area contributed by atoms with E-state index in [4.69, 9.17) is 11.6 Å². The van der Waals surface area contributed by atoms with Crippen LogP contribution in [0.5, 0.6) is 0 Å². The second-order valence-corrected chi connectivity index (χ2v) is 8.76. The van der Waals surface area contributed by atoms with E-state index < -0.39 is 0 Å². The fourth-order valence-electron chi connectivity index (χ4n) is 4.08. The Morgan fingerprint density at radius 1 is 1.03 bits per heavy atom. The maximum Gasteiger partial charge on any atom is 0.292 e. The van der Waals surface area contributed by atoms with Crippen LogP contribution in [0, 0.1) is 5.82 Å². The third kappa shape index (κ3) is 5.13. The Balaban J connectivity index is 1.37. The molecule has 1 N–H and O–H groups in total. The topological polar surface area (TPSA) is 70.5 Å². The Morgan fingerprint density at radius 3 is 2.32 bits per heavy atom. The monoisotopic (exact) mass is 483 g/mol. The normalized spacial score (nSPS) is 16.2. The van der Waals surface area contributed by atoms with E-state index in [9.17, 15) is 14.0 Å². The van der Waals surface area contributed by atoms with Crippen LogP contribution in [0.25, 0.3) is 5.69 Å². The van der Waals surface area contributed by atoms with Gasteiger partial charge in [0.05, 0.1) is 29.7 Å². The van der Waals surface area contributed by atoms with E-state index >= 15 is 0 Å². The standard InChI is InChI=1S/C25H27ClFN5O2/c1-17(19-8-10-20(27)11-9-19)29-24(33)18(2)30-12-14-31(15-13-30)22-16-28-32(25(34)23(22)26)21-6-4-3-5-7-21/h3-11,16-18H,12-15H2,1-2H3,(H,29,33)/t17-,18-/m0/s1. The molecule has 2 heterocycles. The lowest BCUT2D eigenvalue weighted by molar-refractivity contribution is -0.126.